The van der Waals surface area contributed by atoms with Crippen LogP contribution in [0.15, 0.2) is 23.2 Å². The Bertz CT molecular complexity index is 350. The quantitative estimate of drug-likeness (QED) is 0.625. The lowest BCUT2D eigenvalue weighted by molar-refractivity contribution is 1.31. The zero-order chi connectivity index (χ0) is 10.6. The first-order chi connectivity index (χ1) is 6.63. The zero-order valence-corrected chi connectivity index (χ0v) is 9.82. The van der Waals surface area contributed by atoms with Crippen LogP contribution in [0.25, 0.3) is 0 Å². The van der Waals surface area contributed by atoms with Crippen molar-refractivity contribution in [2.75, 3.05) is 7.05 Å². The summed E-state index contributed by atoms with van der Waals surface area (Å²) in [4.78, 5) is 3.88. The van der Waals surface area contributed by atoms with E-state index in [-0.39, 0.29) is 0 Å². The molecule has 0 unspecified atom stereocenters. The molecule has 0 atom stereocenters. The van der Waals surface area contributed by atoms with E-state index in [1.807, 2.05) is 25.1 Å². The minimum Gasteiger partial charge on any atom is -0.379 e. The Balaban J connectivity index is 2.68. The second-order valence-corrected chi connectivity index (χ2v) is 4.35. The van der Waals surface area contributed by atoms with Gasteiger partial charge in [0.25, 0.3) is 0 Å². The Labute approximate surface area is 93.6 Å². The Kier molecular flexibility index (Phi) is 4.29. The number of nitrogens with zero attached hydrogens (tertiary/aromatic N) is 1. The molecule has 1 rings (SSSR count). The van der Waals surface area contributed by atoms with Crippen LogP contribution in [0.2, 0.25) is 5.02 Å². The summed E-state index contributed by atoms with van der Waals surface area (Å²) < 4.78 is 0. The van der Waals surface area contributed by atoms with Gasteiger partial charge in [-0.15, -0.1) is 0 Å². The van der Waals surface area contributed by atoms with E-state index < -0.39 is 0 Å². The summed E-state index contributed by atoms with van der Waals surface area (Å²) in [7, 11) is 1.69. The Morgan fingerprint density at radius 2 is 2.29 bits per heavy atom. The van der Waals surface area contributed by atoms with Crippen molar-refractivity contribution in [3.8, 4) is 0 Å². The molecule has 0 aromatic heterocycles. The number of aryl methyl sites for hydroxylation is 1. The fraction of sp³-hybridized carbons (Fsp3) is 0.300. The van der Waals surface area contributed by atoms with Crippen molar-refractivity contribution in [3.05, 3.63) is 34.3 Å². The Morgan fingerprint density at radius 1 is 1.57 bits per heavy atom. The molecule has 0 spiro atoms. The van der Waals surface area contributed by atoms with Crippen LogP contribution in [0.3, 0.4) is 0 Å². The summed E-state index contributed by atoms with van der Waals surface area (Å²) in [5.41, 5.74) is 8.02. The van der Waals surface area contributed by atoms with E-state index in [0.29, 0.717) is 5.17 Å². The summed E-state index contributed by atoms with van der Waals surface area (Å²) in [6.07, 6.45) is 0. The highest BCUT2D eigenvalue weighted by Gasteiger charge is 2.00. The van der Waals surface area contributed by atoms with Crippen LogP contribution >= 0.6 is 23.4 Å². The lowest BCUT2D eigenvalue weighted by atomic mass is 10.1. The summed E-state index contributed by atoms with van der Waals surface area (Å²) in [5.74, 6) is 0.839. The van der Waals surface area contributed by atoms with Crippen molar-refractivity contribution in [1.29, 1.82) is 0 Å². The zero-order valence-electron chi connectivity index (χ0n) is 8.25. The fourth-order valence-corrected chi connectivity index (χ4v) is 2.02. The molecule has 0 aliphatic rings. The largest absolute Gasteiger partial charge is 0.379 e. The van der Waals surface area contributed by atoms with Crippen molar-refractivity contribution < 1.29 is 0 Å². The van der Waals surface area contributed by atoms with Crippen LogP contribution in [-0.2, 0) is 5.75 Å². The molecule has 2 nitrogen and oxygen atoms in total. The maximum atomic E-state index is 5.85. The van der Waals surface area contributed by atoms with Crippen molar-refractivity contribution >= 4 is 28.5 Å². The van der Waals surface area contributed by atoms with Gasteiger partial charge in [0.05, 0.1) is 0 Å². The summed E-state index contributed by atoms with van der Waals surface area (Å²) >= 11 is 7.39. The number of nitrogens with two attached hydrogens (primary N) is 1. The normalized spacial score (nSPS) is 11.8. The van der Waals surface area contributed by atoms with Crippen LogP contribution in [0, 0.1) is 6.92 Å². The molecule has 0 heterocycles. The molecule has 1 aromatic rings. The Morgan fingerprint density at radius 3 is 2.86 bits per heavy atom. The molecule has 0 saturated heterocycles. The van der Waals surface area contributed by atoms with E-state index in [1.54, 1.807) is 7.05 Å². The maximum absolute atomic E-state index is 5.85. The van der Waals surface area contributed by atoms with E-state index in [4.69, 9.17) is 17.3 Å². The highest BCUT2D eigenvalue weighted by atomic mass is 35.5. The number of halogens is 1. The highest BCUT2D eigenvalue weighted by Crippen LogP contribution is 2.19. The maximum Gasteiger partial charge on any atom is 0.153 e. The molecule has 0 amide bonds. The third-order valence-corrected chi connectivity index (χ3v) is 3.07. The van der Waals surface area contributed by atoms with Gasteiger partial charge >= 0.3 is 0 Å². The van der Waals surface area contributed by atoms with E-state index >= 15 is 0 Å². The van der Waals surface area contributed by atoms with E-state index in [9.17, 15) is 0 Å². The van der Waals surface area contributed by atoms with Crippen molar-refractivity contribution in [2.45, 2.75) is 12.7 Å². The van der Waals surface area contributed by atoms with Crippen LogP contribution in [0.1, 0.15) is 11.1 Å². The van der Waals surface area contributed by atoms with Gasteiger partial charge in [-0.3, -0.25) is 4.99 Å². The number of aliphatic imine (C=N–C) groups is 1. The second-order valence-electron chi connectivity index (χ2n) is 2.92. The second kappa shape index (κ2) is 5.27. The van der Waals surface area contributed by atoms with Gasteiger partial charge in [-0.2, -0.15) is 0 Å². The lowest BCUT2D eigenvalue weighted by Crippen LogP contribution is -2.06. The topological polar surface area (TPSA) is 38.4 Å². The van der Waals surface area contributed by atoms with Crippen LogP contribution < -0.4 is 5.73 Å². The van der Waals surface area contributed by atoms with Crippen molar-refractivity contribution in [2.24, 2.45) is 10.7 Å². The molecule has 0 fully saturated rings. The van der Waals surface area contributed by atoms with Crippen molar-refractivity contribution in [1.82, 2.24) is 0 Å². The third-order valence-electron chi connectivity index (χ3n) is 1.90. The first-order valence-corrected chi connectivity index (χ1v) is 5.60. The molecule has 0 aliphatic heterocycles. The first kappa shape index (κ1) is 11.4. The monoisotopic (exact) mass is 228 g/mol. The van der Waals surface area contributed by atoms with Crippen molar-refractivity contribution in [3.63, 3.8) is 0 Å². The van der Waals surface area contributed by atoms with Gasteiger partial charge in [-0.05, 0) is 30.2 Å². The molecule has 0 bridgehead atoms. The van der Waals surface area contributed by atoms with Gasteiger partial charge in [0.1, 0.15) is 0 Å². The highest BCUT2D eigenvalue weighted by molar-refractivity contribution is 8.13. The smallest absolute Gasteiger partial charge is 0.153 e. The molecule has 0 radical (unpaired) electrons. The van der Waals surface area contributed by atoms with E-state index in [0.717, 1.165) is 10.8 Å². The van der Waals surface area contributed by atoms with Gasteiger partial charge < -0.3 is 5.73 Å². The third kappa shape index (κ3) is 3.24. The molecular formula is C10H13ClN2S. The number of hydrogen-bond acceptors (Lipinski definition) is 2. The van der Waals surface area contributed by atoms with Gasteiger partial charge in [0.15, 0.2) is 5.17 Å². The van der Waals surface area contributed by atoms with Crippen LogP contribution in [0.5, 0.6) is 0 Å². The molecular weight excluding hydrogens is 216 g/mol. The Hall–Kier alpha value is -0.670. The number of hydrogen-bond donors (Lipinski definition) is 1. The molecule has 2 N–H and O–H groups in total. The average Bonchev–Trinajstić information content (AvgIpc) is 2.16. The number of rotatable bonds is 2. The van der Waals surface area contributed by atoms with Gasteiger partial charge in [-0.1, -0.05) is 29.4 Å². The lowest BCUT2D eigenvalue weighted by Gasteiger charge is -2.05. The van der Waals surface area contributed by atoms with E-state index in [2.05, 4.69) is 4.99 Å². The summed E-state index contributed by atoms with van der Waals surface area (Å²) in [6.45, 7) is 2.04. The van der Waals surface area contributed by atoms with Crippen LogP contribution in [0.4, 0.5) is 0 Å². The molecule has 14 heavy (non-hydrogen) atoms. The number of amidine groups is 1. The van der Waals surface area contributed by atoms with Crippen LogP contribution in [-0.4, -0.2) is 12.2 Å². The SMILES string of the molecule is CN=C(N)SCc1ccc(Cl)cc1C. The molecule has 76 valence electrons. The predicted molar refractivity (Wildman–Crippen MR) is 65.0 cm³/mol. The summed E-state index contributed by atoms with van der Waals surface area (Å²) in [5, 5.41) is 1.38. The van der Waals surface area contributed by atoms with E-state index in [1.165, 1.54) is 22.9 Å². The predicted octanol–water partition coefficient (Wildman–Crippen LogP) is 2.83. The minimum absolute atomic E-state index is 0.611. The molecule has 0 aliphatic carbocycles. The van der Waals surface area contributed by atoms with Gasteiger partial charge in [-0.25, -0.2) is 0 Å². The number of benzene rings is 1. The molecule has 0 saturated carbocycles. The average molecular weight is 229 g/mol. The van der Waals surface area contributed by atoms with Gasteiger partial charge in [0, 0.05) is 17.8 Å². The van der Waals surface area contributed by atoms with Gasteiger partial charge in [0.2, 0.25) is 0 Å². The molecule has 1 aromatic carbocycles. The standard InChI is InChI=1S/C10H13ClN2S/c1-7-5-9(11)4-3-8(7)6-14-10(12)13-2/h3-5H,6H2,1-2H3,(H2,12,13). The minimum atomic E-state index is 0.611. The molecule has 4 heteroatoms. The first-order valence-electron chi connectivity index (χ1n) is 4.23. The fourth-order valence-electron chi connectivity index (χ4n) is 1.04. The number of thioether (sulfide) groups is 1. The summed E-state index contributed by atoms with van der Waals surface area (Å²) in [6, 6.07) is 5.87.